The average Bonchev–Trinajstić information content (AvgIpc) is 1.47. The molecule has 9 N–H and O–H groups in total. The van der Waals surface area contributed by atoms with Crippen LogP contribution in [0.5, 0.6) is 23.0 Å². The van der Waals surface area contributed by atoms with Gasteiger partial charge in [-0.15, -0.1) is 0 Å². The number of carbonyl (C=O) groups is 9. The number of hydrogen-bond acceptors (Lipinski definition) is 26. The number of aromatic hydroxyl groups is 1. The van der Waals surface area contributed by atoms with Gasteiger partial charge in [-0.3, -0.25) is 38.6 Å². The Morgan fingerprint density at radius 2 is 1.53 bits per heavy atom. The van der Waals surface area contributed by atoms with Crippen LogP contribution < -0.4 is 35.5 Å². The number of sulfone groups is 1. The average molecular weight is 1480 g/mol. The third-order valence-electron chi connectivity index (χ3n) is 17.8. The fraction of sp³-hybridized carbons (Fsp3) is 0.492. The van der Waals surface area contributed by atoms with E-state index in [2.05, 4.69) is 37.2 Å². The first-order chi connectivity index (χ1) is 47.5. The normalized spacial score (nSPS) is 25.4. The van der Waals surface area contributed by atoms with E-state index < -0.39 is 168 Å². The van der Waals surface area contributed by atoms with Gasteiger partial charge in [0.2, 0.25) is 35.4 Å². The number of halogens is 1. The quantitative estimate of drug-likeness (QED) is 0.0161. The van der Waals surface area contributed by atoms with Crippen LogP contribution in [0.3, 0.4) is 0 Å². The highest BCUT2D eigenvalue weighted by Gasteiger charge is 2.86. The van der Waals surface area contributed by atoms with Gasteiger partial charge in [0, 0.05) is 72.4 Å². The molecule has 1 aliphatic carbocycles. The van der Waals surface area contributed by atoms with E-state index in [4.69, 9.17) is 52.1 Å². The van der Waals surface area contributed by atoms with Crippen molar-refractivity contribution in [1.29, 1.82) is 0 Å². The summed E-state index contributed by atoms with van der Waals surface area (Å²) in [6, 6.07) is 11.4. The standard InChI is InChI=1S/C65H75BrN6O27S/c1-32-26-40-47(48(77)46-39(52(40)89-4)8-7-9-41(46)73)53-45(32)54-56-65(90-5,98-53)63(29-66,94-31-71(22-25-100(6,87)88)62(86)93-28-36-12-16-38(17-13-36)95-60-51(80)49(78)50(79)55(96-60)59(83)84)64(97-54,99-56)30-67-61(85)92-27-35-10-14-37(15-11-35)70-58(82)34(3)69-57(81)33(2)68-42(74)20-23-91-24-21-72-43(75)18-19-44(72)76/h10-19,26,33-34,49-51,54-56,60,77-80H,7-9,20-25,27-31H2,1-6H3,(H,67,85)(H,68,74)(H,69,81)(H,70,82)(H,83,84)/t33-,34-,49-,50-,51+,54?,55-,56?,60+,63+,64?,65+/m0/s1. The van der Waals surface area contributed by atoms with Crippen LogP contribution >= 0.6 is 15.9 Å². The minimum atomic E-state index is -3.80. The van der Waals surface area contributed by atoms with E-state index in [1.165, 1.54) is 64.5 Å². The molecule has 3 unspecified atom stereocenters. The minimum Gasteiger partial charge on any atom is -0.506 e. The summed E-state index contributed by atoms with van der Waals surface area (Å²) in [6.07, 6.45) is -9.75. The van der Waals surface area contributed by atoms with E-state index >= 15 is 0 Å². The lowest BCUT2D eigenvalue weighted by atomic mass is 9.76. The number of phenols is 1. The highest BCUT2D eigenvalue weighted by molar-refractivity contribution is 9.09. The summed E-state index contributed by atoms with van der Waals surface area (Å²) in [7, 11) is -1.09. The molecule has 0 aromatic heterocycles. The van der Waals surface area contributed by atoms with Crippen molar-refractivity contribution < 1.29 is 129 Å². The molecule has 3 saturated heterocycles. The van der Waals surface area contributed by atoms with Crippen LogP contribution in [0.1, 0.15) is 77.4 Å². The molecule has 7 amide bonds. The van der Waals surface area contributed by atoms with Crippen LogP contribution in [0.2, 0.25) is 0 Å². The Labute approximate surface area is 579 Å². The molecule has 3 fully saturated rings. The lowest BCUT2D eigenvalue weighted by Gasteiger charge is -2.55. The molecular weight excluding hydrogens is 1410 g/mol. The molecule has 10 rings (SSSR count). The number of Topliss-reactive ketones (excluding diaryl/α,β-unsaturated/α-hetero) is 1. The van der Waals surface area contributed by atoms with Crippen LogP contribution in [0, 0.1) is 6.92 Å². The Balaban J connectivity index is 0.832. The number of methoxy groups -OCH3 is 2. The molecule has 0 spiro atoms. The Morgan fingerprint density at radius 1 is 0.860 bits per heavy atom. The number of nitrogens with one attached hydrogen (secondary N) is 4. The summed E-state index contributed by atoms with van der Waals surface area (Å²) in [5, 5.41) is 63.1. The number of aliphatic hydroxyl groups excluding tert-OH is 3. The van der Waals surface area contributed by atoms with Crippen LogP contribution in [-0.2, 0) is 96.1 Å². The van der Waals surface area contributed by atoms with Gasteiger partial charge in [-0.1, -0.05) is 40.2 Å². The van der Waals surface area contributed by atoms with Crippen molar-refractivity contribution in [2.45, 2.75) is 132 Å². The number of amides is 7. The molecule has 5 aliphatic heterocycles. The molecule has 0 radical (unpaired) electrons. The summed E-state index contributed by atoms with van der Waals surface area (Å²) in [5.74, 6) is -9.69. The molecule has 540 valence electrons. The zero-order valence-corrected chi connectivity index (χ0v) is 57.2. The first kappa shape index (κ1) is 74.1. The lowest BCUT2D eigenvalue weighted by molar-refractivity contribution is -0.360. The zero-order chi connectivity index (χ0) is 72.3. The van der Waals surface area contributed by atoms with Crippen molar-refractivity contribution in [2.75, 3.05) is 76.5 Å². The van der Waals surface area contributed by atoms with Gasteiger partial charge in [-0.2, -0.15) is 0 Å². The molecule has 5 heterocycles. The number of ether oxygens (including phenoxy) is 11. The molecule has 100 heavy (non-hydrogen) atoms. The van der Waals surface area contributed by atoms with E-state index in [1.54, 1.807) is 25.1 Å². The first-order valence-electron chi connectivity index (χ1n) is 31.5. The molecular formula is C65H75BrN6O27S. The number of nitrogens with zero attached hydrogens (tertiary/aromatic N) is 2. The number of benzene rings is 4. The van der Waals surface area contributed by atoms with Crippen LogP contribution in [-0.4, -0.2) is 234 Å². The van der Waals surface area contributed by atoms with Gasteiger partial charge in [-0.05, 0) is 80.6 Å². The number of hydrogen-bond donors (Lipinski definition) is 9. The van der Waals surface area contributed by atoms with Gasteiger partial charge in [-0.25, -0.2) is 22.8 Å². The zero-order valence-electron chi connectivity index (χ0n) is 54.8. The Bertz CT molecular complexity index is 4000. The molecule has 35 heteroatoms. The van der Waals surface area contributed by atoms with Gasteiger partial charge in [0.15, 0.2) is 18.0 Å². The number of alkyl carbamates (subject to hydrolysis) is 1. The number of carbonyl (C=O) groups excluding carboxylic acids is 8. The molecule has 12 atom stereocenters. The maximum atomic E-state index is 14.3. The summed E-state index contributed by atoms with van der Waals surface area (Å²) < 4.78 is 93.3. The number of aryl methyl sites for hydroxylation is 1. The highest BCUT2D eigenvalue weighted by atomic mass is 79.9. The maximum Gasteiger partial charge on any atom is 0.411 e. The smallest absolute Gasteiger partial charge is 0.411 e. The monoisotopic (exact) mass is 1480 g/mol. The lowest BCUT2D eigenvalue weighted by Crippen LogP contribution is -2.76. The van der Waals surface area contributed by atoms with E-state index in [-0.39, 0.29) is 72.8 Å². The van der Waals surface area contributed by atoms with Gasteiger partial charge in [0.05, 0.1) is 50.1 Å². The van der Waals surface area contributed by atoms with Crippen LogP contribution in [0.15, 0.2) is 66.7 Å². The largest absolute Gasteiger partial charge is 0.506 e. The van der Waals surface area contributed by atoms with Crippen molar-refractivity contribution in [2.24, 2.45) is 0 Å². The minimum absolute atomic E-state index is 0.00617. The molecule has 33 nitrogen and oxygen atoms in total. The second-order valence-corrected chi connectivity index (χ2v) is 27.3. The third kappa shape index (κ3) is 14.8. The number of alkyl halides is 1. The van der Waals surface area contributed by atoms with Crippen molar-refractivity contribution in [1.82, 2.24) is 25.8 Å². The second-order valence-electron chi connectivity index (χ2n) is 24.5. The number of rotatable bonds is 29. The third-order valence-corrected chi connectivity index (χ3v) is 19.6. The number of imide groups is 1. The molecule has 6 aliphatic rings. The molecule has 0 saturated carbocycles. The number of aliphatic carboxylic acids is 1. The molecule has 4 aromatic rings. The summed E-state index contributed by atoms with van der Waals surface area (Å²) >= 11 is 3.59. The predicted octanol–water partition coefficient (Wildman–Crippen LogP) is 1.55. The van der Waals surface area contributed by atoms with E-state index in [9.17, 15) is 77.1 Å². The van der Waals surface area contributed by atoms with Gasteiger partial charge in [0.25, 0.3) is 17.6 Å². The van der Waals surface area contributed by atoms with E-state index in [0.717, 1.165) is 28.2 Å². The molecule has 2 bridgehead atoms. The summed E-state index contributed by atoms with van der Waals surface area (Å²) in [4.78, 5) is 118. The Kier molecular flexibility index (Phi) is 22.4. The van der Waals surface area contributed by atoms with Gasteiger partial charge < -0.3 is 98.9 Å². The second kappa shape index (κ2) is 30.3. The fourth-order valence-electron chi connectivity index (χ4n) is 12.6. The predicted molar refractivity (Wildman–Crippen MR) is 346 cm³/mol. The number of phenolic OH excluding ortho intramolecular Hbond substituents is 1. The maximum absolute atomic E-state index is 14.3. The number of carboxylic acids is 1. The SMILES string of the molecule is COc1c2c(c(O)c3c4c(c(C)cc13)C1OC3(CNC(=O)OCc5ccc(NC(=O)[C@H](C)NC(=O)[C@H](C)NC(=O)CCOCCN6C(=O)C=CC6=O)cc5)OC1[C@@](OC)(O4)[C@]3(CBr)OCN(CCS(C)(=O)=O)C(=O)OCc1ccc(O[C@@H]3O[C@H](C(=O)O)[C@@H](O)[C@H](O)[C@H]3O)cc1)C(=O)CCC2. The fourth-order valence-corrected chi connectivity index (χ4v) is 14.1. The van der Waals surface area contributed by atoms with Crippen LogP contribution in [0.25, 0.3) is 10.8 Å². The number of fused-ring (bicyclic) bond motifs is 6. The Morgan fingerprint density at radius 3 is 2.18 bits per heavy atom. The summed E-state index contributed by atoms with van der Waals surface area (Å²) in [5.41, 5.74) is 0.392. The van der Waals surface area contributed by atoms with Crippen molar-refractivity contribution in [3.8, 4) is 23.0 Å². The number of carboxylic acid groups (broad SMARTS) is 1. The molecule has 4 aromatic carbocycles. The number of ketones is 1. The number of anilines is 1. The highest BCUT2D eigenvalue weighted by Crippen LogP contribution is 2.68. The Hall–Kier alpha value is -8.62. The first-order valence-corrected chi connectivity index (χ1v) is 34.7. The van der Waals surface area contributed by atoms with Crippen molar-refractivity contribution >= 4 is 95.7 Å². The van der Waals surface area contributed by atoms with Crippen molar-refractivity contribution in [3.63, 3.8) is 0 Å². The van der Waals surface area contributed by atoms with Gasteiger partial charge >= 0.3 is 18.2 Å². The van der Waals surface area contributed by atoms with Gasteiger partial charge in [0.1, 0.15) is 89.3 Å². The number of aliphatic hydroxyl groups is 3. The summed E-state index contributed by atoms with van der Waals surface area (Å²) in [6.45, 7) is 1.87. The van der Waals surface area contributed by atoms with E-state index in [1.807, 2.05) is 0 Å². The topological polar surface area (TPSA) is 445 Å². The van der Waals surface area contributed by atoms with E-state index in [0.29, 0.717) is 57.5 Å². The van der Waals surface area contributed by atoms with Crippen molar-refractivity contribution in [3.05, 3.63) is 100 Å². The van der Waals surface area contributed by atoms with Crippen LogP contribution in [0.4, 0.5) is 15.3 Å².